The van der Waals surface area contributed by atoms with Gasteiger partial charge in [0, 0.05) is 12.8 Å². The highest BCUT2D eigenvalue weighted by Crippen LogP contribution is 2.23. The van der Waals surface area contributed by atoms with E-state index in [0.717, 1.165) is 57.8 Å². The van der Waals surface area contributed by atoms with Crippen LogP contribution in [0.2, 0.25) is 0 Å². The Labute approximate surface area is 352 Å². The molecular weight excluding hydrogens is 737 g/mol. The molecule has 10 heteroatoms. The van der Waals surface area contributed by atoms with Crippen LogP contribution >= 0.6 is 0 Å². The van der Waals surface area contributed by atoms with E-state index in [1.54, 1.807) is 0 Å². The highest BCUT2D eigenvalue weighted by Gasteiger charge is 2.44. The molecule has 2 unspecified atom stereocenters. The molecule has 1 saturated heterocycles. The number of hydrogen-bond donors (Lipinski definition) is 4. The summed E-state index contributed by atoms with van der Waals surface area (Å²) in [4.78, 5) is 25.3. The molecule has 0 aliphatic carbocycles. The Bertz CT molecular complexity index is 1090. The third-order valence-electron chi connectivity index (χ3n) is 10.5. The zero-order chi connectivity index (χ0) is 42.3. The minimum atomic E-state index is -1.60. The number of unbranched alkanes of at least 4 members (excludes halogenated alkanes) is 19. The van der Waals surface area contributed by atoms with Gasteiger partial charge in [0.25, 0.3) is 0 Å². The molecule has 1 aliphatic heterocycles. The van der Waals surface area contributed by atoms with Gasteiger partial charge in [-0.15, -0.1) is 0 Å². The Morgan fingerprint density at radius 3 is 1.53 bits per heavy atom. The highest BCUT2D eigenvalue weighted by atomic mass is 16.7. The zero-order valence-electron chi connectivity index (χ0n) is 36.5. The first-order chi connectivity index (χ1) is 28.3. The largest absolute Gasteiger partial charge is 0.462 e. The van der Waals surface area contributed by atoms with Gasteiger partial charge in [-0.05, 0) is 51.4 Å². The quantitative estimate of drug-likeness (QED) is 0.0269. The summed E-state index contributed by atoms with van der Waals surface area (Å²) in [6.45, 7) is 3.28. The lowest BCUT2D eigenvalue weighted by atomic mass is 9.99. The maximum absolute atomic E-state index is 12.8. The summed E-state index contributed by atoms with van der Waals surface area (Å²) in [5.41, 5.74) is 0. The van der Waals surface area contributed by atoms with Crippen molar-refractivity contribution >= 4 is 11.9 Å². The van der Waals surface area contributed by atoms with Crippen LogP contribution in [0.4, 0.5) is 0 Å². The van der Waals surface area contributed by atoms with Crippen LogP contribution in [-0.4, -0.2) is 89.0 Å². The van der Waals surface area contributed by atoms with Gasteiger partial charge in [-0.3, -0.25) is 9.59 Å². The molecule has 0 saturated carbocycles. The Morgan fingerprint density at radius 2 is 1.02 bits per heavy atom. The van der Waals surface area contributed by atoms with E-state index >= 15 is 0 Å². The normalized spacial score (nSPS) is 20.6. The first-order valence-corrected chi connectivity index (χ1v) is 23.2. The van der Waals surface area contributed by atoms with Gasteiger partial charge in [-0.25, -0.2) is 0 Å². The SMILES string of the molecule is CC/C=C/C/C=C/C/C=C/C/C=C/CCCCC(=O)OC[C@H](CO[C@@H]1O[C@H](CO)[C@H](O)C(O)C1O)OC(=O)CCCCCCCCCCCCCCCCCCCC. The second kappa shape index (κ2) is 38.8. The molecule has 1 aliphatic rings. The fourth-order valence-corrected chi connectivity index (χ4v) is 6.83. The molecule has 1 fully saturated rings. The number of rotatable bonds is 38. The molecule has 0 aromatic rings. The minimum absolute atomic E-state index is 0.223. The molecule has 6 atom stereocenters. The number of carbonyl (C=O) groups excluding carboxylic acids is 2. The van der Waals surface area contributed by atoms with Gasteiger partial charge in [-0.1, -0.05) is 172 Å². The summed E-state index contributed by atoms with van der Waals surface area (Å²) in [5, 5.41) is 40.1. The average molecular weight is 821 g/mol. The summed E-state index contributed by atoms with van der Waals surface area (Å²) in [6.07, 6.45) is 38.3. The smallest absolute Gasteiger partial charge is 0.306 e. The van der Waals surface area contributed by atoms with Crippen molar-refractivity contribution in [2.24, 2.45) is 0 Å². The van der Waals surface area contributed by atoms with Crippen molar-refractivity contribution in [3.63, 3.8) is 0 Å². The number of ether oxygens (including phenoxy) is 4. The lowest BCUT2D eigenvalue weighted by molar-refractivity contribution is -0.305. The van der Waals surface area contributed by atoms with E-state index in [9.17, 15) is 30.0 Å². The number of carbonyl (C=O) groups is 2. The summed E-state index contributed by atoms with van der Waals surface area (Å²) < 4.78 is 22.1. The minimum Gasteiger partial charge on any atom is -0.462 e. The molecular formula is C48H84O10. The molecule has 336 valence electrons. The standard InChI is InChI=1S/C48H84O10/c1-3-5-7-9-11-13-15-17-19-20-21-23-25-27-29-31-33-35-37-44(51)57-41(40-56-48-47(54)46(53)45(52)42(38-49)58-48)39-55-43(50)36-34-32-30-28-26-24-22-18-16-14-12-10-8-6-4-2/h6,8,12,14,18,22,26,28,41-42,45-49,52-54H,3-5,7,9-11,13,15-17,19-21,23-25,27,29-40H2,1-2H3/b8-6+,14-12+,22-18+,28-26+/t41-,42-,45+,46?,47?,48-/m1/s1. The van der Waals surface area contributed by atoms with E-state index in [4.69, 9.17) is 18.9 Å². The van der Waals surface area contributed by atoms with Crippen LogP contribution in [-0.2, 0) is 28.5 Å². The molecule has 0 spiro atoms. The highest BCUT2D eigenvalue weighted by molar-refractivity contribution is 5.70. The van der Waals surface area contributed by atoms with Gasteiger partial charge in [0.05, 0.1) is 13.2 Å². The number of aliphatic hydroxyl groups is 4. The molecule has 4 N–H and O–H groups in total. The molecule has 10 nitrogen and oxygen atoms in total. The van der Waals surface area contributed by atoms with E-state index in [0.29, 0.717) is 12.8 Å². The molecule has 58 heavy (non-hydrogen) atoms. The first-order valence-electron chi connectivity index (χ1n) is 23.2. The summed E-state index contributed by atoms with van der Waals surface area (Å²) >= 11 is 0. The van der Waals surface area contributed by atoms with E-state index < -0.39 is 55.4 Å². The third-order valence-corrected chi connectivity index (χ3v) is 10.5. The summed E-state index contributed by atoms with van der Waals surface area (Å²) in [6, 6.07) is 0. The lowest BCUT2D eigenvalue weighted by Gasteiger charge is -2.39. The predicted molar refractivity (Wildman–Crippen MR) is 233 cm³/mol. The van der Waals surface area contributed by atoms with E-state index in [-0.39, 0.29) is 26.1 Å². The maximum Gasteiger partial charge on any atom is 0.306 e. The van der Waals surface area contributed by atoms with E-state index in [2.05, 4.69) is 62.5 Å². The van der Waals surface area contributed by atoms with Crippen molar-refractivity contribution in [3.05, 3.63) is 48.6 Å². The zero-order valence-corrected chi connectivity index (χ0v) is 36.5. The van der Waals surface area contributed by atoms with Gasteiger partial charge in [0.2, 0.25) is 0 Å². The van der Waals surface area contributed by atoms with Crippen molar-refractivity contribution in [2.45, 2.75) is 224 Å². The maximum atomic E-state index is 12.8. The second-order valence-electron chi connectivity index (χ2n) is 15.8. The number of aliphatic hydroxyl groups excluding tert-OH is 4. The Balaban J connectivity index is 2.33. The number of hydrogen-bond acceptors (Lipinski definition) is 10. The number of esters is 2. The molecule has 0 bridgehead atoms. The van der Waals surface area contributed by atoms with Crippen molar-refractivity contribution in [1.29, 1.82) is 0 Å². The van der Waals surface area contributed by atoms with Crippen molar-refractivity contribution < 1.29 is 49.0 Å². The van der Waals surface area contributed by atoms with Gasteiger partial charge >= 0.3 is 11.9 Å². The van der Waals surface area contributed by atoms with E-state index in [1.165, 1.54) is 89.9 Å². The van der Waals surface area contributed by atoms with Crippen LogP contribution in [0.25, 0.3) is 0 Å². The van der Waals surface area contributed by atoms with Crippen molar-refractivity contribution in [3.8, 4) is 0 Å². The average Bonchev–Trinajstić information content (AvgIpc) is 3.22. The molecule has 0 aromatic heterocycles. The summed E-state index contributed by atoms with van der Waals surface area (Å²) in [5.74, 6) is -0.851. The molecule has 1 rings (SSSR count). The van der Waals surface area contributed by atoms with Gasteiger partial charge < -0.3 is 39.4 Å². The van der Waals surface area contributed by atoms with Crippen LogP contribution < -0.4 is 0 Å². The summed E-state index contributed by atoms with van der Waals surface area (Å²) in [7, 11) is 0. The Morgan fingerprint density at radius 1 is 0.552 bits per heavy atom. The van der Waals surface area contributed by atoms with Crippen molar-refractivity contribution in [1.82, 2.24) is 0 Å². The molecule has 0 amide bonds. The molecule has 0 radical (unpaired) electrons. The second-order valence-corrected chi connectivity index (χ2v) is 15.8. The fourth-order valence-electron chi connectivity index (χ4n) is 6.83. The lowest BCUT2D eigenvalue weighted by Crippen LogP contribution is -2.59. The van der Waals surface area contributed by atoms with Crippen LogP contribution in [0.3, 0.4) is 0 Å². The Hall–Kier alpha value is -2.34. The van der Waals surface area contributed by atoms with Gasteiger partial charge in [0.1, 0.15) is 31.0 Å². The number of allylic oxidation sites excluding steroid dienone is 8. The Kier molecular flexibility index (Phi) is 35.9. The predicted octanol–water partition coefficient (Wildman–Crippen LogP) is 10.1. The molecule has 1 heterocycles. The van der Waals surface area contributed by atoms with Crippen LogP contribution in [0.15, 0.2) is 48.6 Å². The van der Waals surface area contributed by atoms with Gasteiger partial charge in [0.15, 0.2) is 12.4 Å². The topological polar surface area (TPSA) is 152 Å². The van der Waals surface area contributed by atoms with E-state index in [1.807, 2.05) is 0 Å². The van der Waals surface area contributed by atoms with Crippen LogP contribution in [0, 0.1) is 0 Å². The van der Waals surface area contributed by atoms with Crippen LogP contribution in [0.1, 0.15) is 187 Å². The molecule has 0 aromatic carbocycles. The van der Waals surface area contributed by atoms with Gasteiger partial charge in [-0.2, -0.15) is 0 Å². The monoisotopic (exact) mass is 821 g/mol. The fraction of sp³-hybridized carbons (Fsp3) is 0.792. The van der Waals surface area contributed by atoms with Crippen molar-refractivity contribution in [2.75, 3.05) is 19.8 Å². The first kappa shape index (κ1) is 53.7. The third kappa shape index (κ3) is 29.8. The van der Waals surface area contributed by atoms with Crippen LogP contribution in [0.5, 0.6) is 0 Å².